The molecular formula is C10H17N3. The summed E-state index contributed by atoms with van der Waals surface area (Å²) in [6, 6.07) is 0. The molecule has 0 radical (unpaired) electrons. The molecule has 1 heterocycles. The van der Waals surface area contributed by atoms with Gasteiger partial charge in [-0.2, -0.15) is 0 Å². The first kappa shape index (κ1) is 9.96. The molecule has 0 amide bonds. The highest BCUT2D eigenvalue weighted by Crippen LogP contribution is 2.19. The van der Waals surface area contributed by atoms with Crippen LogP contribution in [0.3, 0.4) is 0 Å². The highest BCUT2D eigenvalue weighted by atomic mass is 14.9. The van der Waals surface area contributed by atoms with E-state index in [0.29, 0.717) is 5.69 Å². The Balaban J connectivity index is 3.14. The van der Waals surface area contributed by atoms with Crippen molar-refractivity contribution in [3.05, 3.63) is 17.7 Å². The lowest BCUT2D eigenvalue weighted by Gasteiger charge is -2.17. The molecule has 0 saturated heterocycles. The molecule has 1 rings (SSSR count). The first-order chi connectivity index (χ1) is 5.95. The van der Waals surface area contributed by atoms with Crippen LogP contribution >= 0.6 is 0 Å². The average Bonchev–Trinajstić information content (AvgIpc) is 2.03. The normalized spacial score (nSPS) is 11.7. The summed E-state index contributed by atoms with van der Waals surface area (Å²) in [5, 5.41) is 0. The van der Waals surface area contributed by atoms with Gasteiger partial charge in [0.05, 0.1) is 17.6 Å². The number of nitrogens with zero attached hydrogens (tertiary/aromatic N) is 2. The predicted molar refractivity (Wildman–Crippen MR) is 54.5 cm³/mol. The summed E-state index contributed by atoms with van der Waals surface area (Å²) in [4.78, 5) is 8.65. The molecule has 13 heavy (non-hydrogen) atoms. The van der Waals surface area contributed by atoms with Crippen LogP contribution < -0.4 is 5.73 Å². The van der Waals surface area contributed by atoms with Crippen LogP contribution in [0.2, 0.25) is 0 Å². The average molecular weight is 179 g/mol. The van der Waals surface area contributed by atoms with Gasteiger partial charge in [-0.1, -0.05) is 27.7 Å². The van der Waals surface area contributed by atoms with Crippen LogP contribution in [0.25, 0.3) is 0 Å². The molecule has 0 spiro atoms. The highest BCUT2D eigenvalue weighted by molar-refractivity contribution is 5.40. The molecular weight excluding hydrogens is 162 g/mol. The third-order valence-electron chi connectivity index (χ3n) is 1.91. The maximum absolute atomic E-state index is 5.72. The largest absolute Gasteiger partial charge is 0.396 e. The monoisotopic (exact) mass is 179 g/mol. The van der Waals surface area contributed by atoms with Crippen molar-refractivity contribution in [1.29, 1.82) is 0 Å². The topological polar surface area (TPSA) is 51.8 Å². The van der Waals surface area contributed by atoms with Gasteiger partial charge < -0.3 is 5.73 Å². The van der Waals surface area contributed by atoms with Gasteiger partial charge in [0.2, 0.25) is 0 Å². The Kier molecular flexibility index (Phi) is 2.55. The summed E-state index contributed by atoms with van der Waals surface area (Å²) in [5.74, 6) is 0.860. The first-order valence-electron chi connectivity index (χ1n) is 4.57. The number of nitrogen functional groups attached to an aromatic ring is 1. The summed E-state index contributed by atoms with van der Waals surface area (Å²) in [6.07, 6.45) is 2.56. The lowest BCUT2D eigenvalue weighted by molar-refractivity contribution is 0.542. The van der Waals surface area contributed by atoms with E-state index < -0.39 is 0 Å². The highest BCUT2D eigenvalue weighted by Gasteiger charge is 2.17. The number of rotatable bonds is 1. The maximum atomic E-state index is 5.72. The second-order valence-electron chi connectivity index (χ2n) is 4.20. The van der Waals surface area contributed by atoms with Crippen molar-refractivity contribution in [1.82, 2.24) is 9.97 Å². The summed E-state index contributed by atoms with van der Waals surface area (Å²) in [6.45, 7) is 8.33. The van der Waals surface area contributed by atoms with Gasteiger partial charge in [-0.05, 0) is 6.42 Å². The Morgan fingerprint density at radius 1 is 1.38 bits per heavy atom. The molecule has 0 aliphatic heterocycles. The third-order valence-corrected chi connectivity index (χ3v) is 1.91. The standard InChI is InChI=1S/C10H17N3/c1-5-8-7(11)6-12-9(13-8)10(2,3)4/h6H,5,11H2,1-4H3. The van der Waals surface area contributed by atoms with Gasteiger partial charge in [0.1, 0.15) is 5.82 Å². The Labute approximate surface area is 79.4 Å². The molecule has 0 saturated carbocycles. The number of anilines is 1. The molecule has 1 aromatic heterocycles. The van der Waals surface area contributed by atoms with Crippen molar-refractivity contribution >= 4 is 5.69 Å². The van der Waals surface area contributed by atoms with Gasteiger partial charge in [0.15, 0.2) is 0 Å². The van der Waals surface area contributed by atoms with Crippen LogP contribution in [0.1, 0.15) is 39.2 Å². The van der Waals surface area contributed by atoms with Crippen LogP contribution in [0.4, 0.5) is 5.69 Å². The minimum absolute atomic E-state index is 0.00236. The van der Waals surface area contributed by atoms with Gasteiger partial charge in [0, 0.05) is 5.41 Å². The minimum Gasteiger partial charge on any atom is -0.396 e. The van der Waals surface area contributed by atoms with Crippen molar-refractivity contribution in [2.45, 2.75) is 39.5 Å². The van der Waals surface area contributed by atoms with Crippen LogP contribution in [0.15, 0.2) is 6.20 Å². The molecule has 2 N–H and O–H groups in total. The van der Waals surface area contributed by atoms with E-state index in [1.54, 1.807) is 6.20 Å². The molecule has 3 heteroatoms. The second kappa shape index (κ2) is 3.32. The van der Waals surface area contributed by atoms with E-state index >= 15 is 0 Å². The van der Waals surface area contributed by atoms with E-state index in [4.69, 9.17) is 5.73 Å². The first-order valence-corrected chi connectivity index (χ1v) is 4.57. The zero-order valence-corrected chi connectivity index (χ0v) is 8.76. The zero-order chi connectivity index (χ0) is 10.1. The second-order valence-corrected chi connectivity index (χ2v) is 4.20. The Bertz CT molecular complexity index is 300. The van der Waals surface area contributed by atoms with Gasteiger partial charge in [-0.15, -0.1) is 0 Å². The Morgan fingerprint density at radius 2 is 2.00 bits per heavy atom. The van der Waals surface area contributed by atoms with Gasteiger partial charge in [-0.25, -0.2) is 9.97 Å². The van der Waals surface area contributed by atoms with E-state index in [2.05, 4.69) is 30.7 Å². The van der Waals surface area contributed by atoms with Crippen LogP contribution in [0, 0.1) is 0 Å². The molecule has 3 nitrogen and oxygen atoms in total. The molecule has 0 aromatic carbocycles. The Morgan fingerprint density at radius 3 is 2.46 bits per heavy atom. The van der Waals surface area contributed by atoms with Crippen LogP contribution in [-0.2, 0) is 11.8 Å². The minimum atomic E-state index is -0.00236. The molecule has 0 fully saturated rings. The Hall–Kier alpha value is -1.12. The number of nitrogens with two attached hydrogens (primary N) is 1. The van der Waals surface area contributed by atoms with Gasteiger partial charge in [-0.3, -0.25) is 0 Å². The number of hydrogen-bond donors (Lipinski definition) is 1. The molecule has 0 unspecified atom stereocenters. The fourth-order valence-corrected chi connectivity index (χ4v) is 1.07. The number of aromatic nitrogens is 2. The van der Waals surface area contributed by atoms with Crippen molar-refractivity contribution in [3.63, 3.8) is 0 Å². The van der Waals surface area contributed by atoms with Crippen LogP contribution in [-0.4, -0.2) is 9.97 Å². The lowest BCUT2D eigenvalue weighted by Crippen LogP contribution is -2.17. The maximum Gasteiger partial charge on any atom is 0.134 e. The fourth-order valence-electron chi connectivity index (χ4n) is 1.07. The molecule has 72 valence electrons. The lowest BCUT2D eigenvalue weighted by atomic mass is 9.95. The molecule has 0 bridgehead atoms. The van der Waals surface area contributed by atoms with Crippen molar-refractivity contribution in [2.24, 2.45) is 0 Å². The molecule has 0 atom stereocenters. The summed E-state index contributed by atoms with van der Waals surface area (Å²) in [7, 11) is 0. The number of hydrogen-bond acceptors (Lipinski definition) is 3. The van der Waals surface area contributed by atoms with E-state index in [9.17, 15) is 0 Å². The van der Waals surface area contributed by atoms with E-state index in [1.165, 1.54) is 0 Å². The summed E-state index contributed by atoms with van der Waals surface area (Å²) >= 11 is 0. The fraction of sp³-hybridized carbons (Fsp3) is 0.600. The van der Waals surface area contributed by atoms with E-state index in [0.717, 1.165) is 17.9 Å². The smallest absolute Gasteiger partial charge is 0.134 e. The molecule has 1 aromatic rings. The van der Waals surface area contributed by atoms with E-state index in [-0.39, 0.29) is 5.41 Å². The van der Waals surface area contributed by atoms with Gasteiger partial charge in [0.25, 0.3) is 0 Å². The third kappa shape index (κ3) is 2.17. The van der Waals surface area contributed by atoms with Gasteiger partial charge >= 0.3 is 0 Å². The quantitative estimate of drug-likeness (QED) is 0.716. The predicted octanol–water partition coefficient (Wildman–Crippen LogP) is 1.92. The summed E-state index contributed by atoms with van der Waals surface area (Å²) < 4.78 is 0. The molecule has 0 aliphatic rings. The van der Waals surface area contributed by atoms with Crippen molar-refractivity contribution < 1.29 is 0 Å². The molecule has 0 aliphatic carbocycles. The van der Waals surface area contributed by atoms with Crippen LogP contribution in [0.5, 0.6) is 0 Å². The SMILES string of the molecule is CCc1nc(C(C)(C)C)ncc1N. The van der Waals surface area contributed by atoms with Crippen molar-refractivity contribution in [2.75, 3.05) is 5.73 Å². The zero-order valence-electron chi connectivity index (χ0n) is 8.76. The van der Waals surface area contributed by atoms with Crippen molar-refractivity contribution in [3.8, 4) is 0 Å². The number of aryl methyl sites for hydroxylation is 1. The summed E-state index contributed by atoms with van der Waals surface area (Å²) in [5.41, 5.74) is 7.35. The van der Waals surface area contributed by atoms with E-state index in [1.807, 2.05) is 6.92 Å².